The molecule has 0 fully saturated rings. The summed E-state index contributed by atoms with van der Waals surface area (Å²) in [6, 6.07) is 8.92. The van der Waals surface area contributed by atoms with E-state index in [2.05, 4.69) is 4.98 Å². The molecule has 0 radical (unpaired) electrons. The van der Waals surface area contributed by atoms with E-state index in [-0.39, 0.29) is 11.4 Å². The van der Waals surface area contributed by atoms with Gasteiger partial charge in [0.1, 0.15) is 11.4 Å². The first-order valence-corrected chi connectivity index (χ1v) is 5.97. The van der Waals surface area contributed by atoms with Gasteiger partial charge < -0.3 is 9.84 Å². The van der Waals surface area contributed by atoms with Crippen molar-refractivity contribution >= 4 is 22.5 Å². The van der Waals surface area contributed by atoms with Crippen molar-refractivity contribution in [3.05, 3.63) is 42.2 Å². The molecule has 1 N–H and O–H groups in total. The molecule has 0 saturated carbocycles. The van der Waals surface area contributed by atoms with Gasteiger partial charge in [0.2, 0.25) is 0 Å². The number of para-hydroxylation sites is 1. The molecule has 0 aliphatic heterocycles. The van der Waals surface area contributed by atoms with Gasteiger partial charge in [-0.3, -0.25) is 4.40 Å². The van der Waals surface area contributed by atoms with Crippen LogP contribution in [0.15, 0.2) is 36.5 Å². The number of hydrogen-bond acceptors (Lipinski definition) is 4. The number of esters is 1. The van der Waals surface area contributed by atoms with E-state index in [4.69, 9.17) is 4.74 Å². The number of fused-ring (bicyclic) bond motifs is 3. The number of carbonyl (C=O) groups is 1. The van der Waals surface area contributed by atoms with Crippen LogP contribution in [0.2, 0.25) is 0 Å². The Morgan fingerprint density at radius 3 is 3.00 bits per heavy atom. The van der Waals surface area contributed by atoms with Crippen LogP contribution in [0.4, 0.5) is 0 Å². The average molecular weight is 256 g/mol. The van der Waals surface area contributed by atoms with Crippen LogP contribution in [-0.4, -0.2) is 27.1 Å². The molecule has 0 unspecified atom stereocenters. The zero-order chi connectivity index (χ0) is 13.4. The maximum Gasteiger partial charge on any atom is 0.358 e. The van der Waals surface area contributed by atoms with Gasteiger partial charge in [-0.05, 0) is 19.1 Å². The van der Waals surface area contributed by atoms with E-state index in [1.54, 1.807) is 17.5 Å². The Morgan fingerprint density at radius 2 is 2.21 bits per heavy atom. The fourth-order valence-electron chi connectivity index (χ4n) is 2.09. The number of nitrogens with zero attached hydrogens (tertiary/aromatic N) is 2. The van der Waals surface area contributed by atoms with Crippen molar-refractivity contribution in [2.24, 2.45) is 0 Å². The predicted octanol–water partition coefficient (Wildman–Crippen LogP) is 2.37. The molecule has 5 nitrogen and oxygen atoms in total. The monoisotopic (exact) mass is 256 g/mol. The molecule has 0 aliphatic rings. The van der Waals surface area contributed by atoms with Crippen LogP contribution in [0.25, 0.3) is 16.6 Å². The number of aromatic nitrogens is 2. The molecule has 0 atom stereocenters. The Labute approximate surface area is 109 Å². The number of imidazole rings is 1. The molecular weight excluding hydrogens is 244 g/mol. The summed E-state index contributed by atoms with van der Waals surface area (Å²) in [5.74, 6) is -0.320. The smallest absolute Gasteiger partial charge is 0.358 e. The SMILES string of the molecule is CCOC(=O)c1cn2c(cc(O)c3ccccc32)n1. The van der Waals surface area contributed by atoms with Gasteiger partial charge in [-0.25, -0.2) is 9.78 Å². The fraction of sp³-hybridized carbons (Fsp3) is 0.143. The van der Waals surface area contributed by atoms with Crippen LogP contribution in [0.3, 0.4) is 0 Å². The maximum atomic E-state index is 11.7. The van der Waals surface area contributed by atoms with Gasteiger partial charge in [-0.15, -0.1) is 0 Å². The van der Waals surface area contributed by atoms with Crippen molar-refractivity contribution in [2.45, 2.75) is 6.92 Å². The Hall–Kier alpha value is -2.56. The first-order chi connectivity index (χ1) is 9.20. The number of ether oxygens (including phenoxy) is 1. The minimum Gasteiger partial charge on any atom is -0.507 e. The lowest BCUT2D eigenvalue weighted by Crippen LogP contribution is -2.04. The Balaban J connectivity index is 2.28. The minimum atomic E-state index is -0.463. The lowest BCUT2D eigenvalue weighted by atomic mass is 10.2. The van der Waals surface area contributed by atoms with Gasteiger partial charge in [0.25, 0.3) is 0 Å². The summed E-state index contributed by atoms with van der Waals surface area (Å²) < 4.78 is 6.69. The third kappa shape index (κ3) is 1.79. The molecule has 0 amide bonds. The Morgan fingerprint density at radius 1 is 1.42 bits per heavy atom. The second kappa shape index (κ2) is 4.28. The summed E-state index contributed by atoms with van der Waals surface area (Å²) >= 11 is 0. The second-order valence-electron chi connectivity index (χ2n) is 4.12. The highest BCUT2D eigenvalue weighted by Crippen LogP contribution is 2.26. The molecular formula is C14H12N2O3. The van der Waals surface area contributed by atoms with Crippen LogP contribution >= 0.6 is 0 Å². The lowest BCUT2D eigenvalue weighted by Gasteiger charge is -2.03. The molecule has 5 heteroatoms. The van der Waals surface area contributed by atoms with E-state index in [0.29, 0.717) is 17.6 Å². The highest BCUT2D eigenvalue weighted by molar-refractivity contribution is 5.92. The number of aromatic hydroxyl groups is 1. The van der Waals surface area contributed by atoms with Crippen molar-refractivity contribution in [3.8, 4) is 5.75 Å². The zero-order valence-electron chi connectivity index (χ0n) is 10.3. The molecule has 0 bridgehead atoms. The van der Waals surface area contributed by atoms with E-state index >= 15 is 0 Å². The topological polar surface area (TPSA) is 63.8 Å². The van der Waals surface area contributed by atoms with E-state index in [0.717, 1.165) is 5.52 Å². The molecule has 1 aromatic carbocycles. The van der Waals surface area contributed by atoms with Crippen molar-refractivity contribution in [3.63, 3.8) is 0 Å². The van der Waals surface area contributed by atoms with E-state index in [1.807, 2.05) is 24.3 Å². The highest BCUT2D eigenvalue weighted by atomic mass is 16.5. The summed E-state index contributed by atoms with van der Waals surface area (Å²) in [4.78, 5) is 15.8. The summed E-state index contributed by atoms with van der Waals surface area (Å²) in [5.41, 5.74) is 1.54. The minimum absolute atomic E-state index is 0.143. The van der Waals surface area contributed by atoms with Crippen molar-refractivity contribution in [1.29, 1.82) is 0 Å². The Bertz CT molecular complexity index is 777. The van der Waals surface area contributed by atoms with Crippen LogP contribution < -0.4 is 0 Å². The molecule has 96 valence electrons. The molecule has 0 spiro atoms. The molecule has 2 heterocycles. The standard InChI is InChI=1S/C14H12N2O3/c1-2-19-14(18)10-8-16-11-6-4-3-5-9(11)12(17)7-13(16)15-10/h3-8,17H,2H2,1H3. The fourth-order valence-corrected chi connectivity index (χ4v) is 2.09. The summed E-state index contributed by atoms with van der Waals surface area (Å²) in [7, 11) is 0. The third-order valence-corrected chi connectivity index (χ3v) is 2.92. The first-order valence-electron chi connectivity index (χ1n) is 5.97. The molecule has 19 heavy (non-hydrogen) atoms. The summed E-state index contributed by atoms with van der Waals surface area (Å²) in [5, 5.41) is 10.7. The molecule has 2 aromatic heterocycles. The number of carbonyl (C=O) groups excluding carboxylic acids is 1. The number of rotatable bonds is 2. The van der Waals surface area contributed by atoms with Crippen LogP contribution in [0.5, 0.6) is 5.75 Å². The van der Waals surface area contributed by atoms with Gasteiger partial charge in [0, 0.05) is 17.6 Å². The van der Waals surface area contributed by atoms with Gasteiger partial charge >= 0.3 is 5.97 Å². The maximum absolute atomic E-state index is 11.7. The zero-order valence-corrected chi connectivity index (χ0v) is 10.3. The predicted molar refractivity (Wildman–Crippen MR) is 70.3 cm³/mol. The summed E-state index contributed by atoms with van der Waals surface area (Å²) in [6.45, 7) is 2.05. The molecule has 0 saturated heterocycles. The van der Waals surface area contributed by atoms with Crippen molar-refractivity contribution in [2.75, 3.05) is 6.61 Å². The third-order valence-electron chi connectivity index (χ3n) is 2.92. The first kappa shape index (κ1) is 11.5. The van der Waals surface area contributed by atoms with Crippen LogP contribution in [0.1, 0.15) is 17.4 Å². The number of hydrogen-bond donors (Lipinski definition) is 1. The molecule has 3 rings (SSSR count). The van der Waals surface area contributed by atoms with Gasteiger partial charge in [-0.2, -0.15) is 0 Å². The number of pyridine rings is 1. The normalized spacial score (nSPS) is 11.0. The Kier molecular flexibility index (Phi) is 2.59. The lowest BCUT2D eigenvalue weighted by molar-refractivity contribution is 0.0520. The molecule has 3 aromatic rings. The number of benzene rings is 1. The van der Waals surface area contributed by atoms with Gasteiger partial charge in [0.05, 0.1) is 12.1 Å². The van der Waals surface area contributed by atoms with Crippen LogP contribution in [-0.2, 0) is 4.74 Å². The van der Waals surface area contributed by atoms with Crippen molar-refractivity contribution in [1.82, 2.24) is 9.38 Å². The van der Waals surface area contributed by atoms with Gasteiger partial charge in [0.15, 0.2) is 5.69 Å². The van der Waals surface area contributed by atoms with E-state index in [9.17, 15) is 9.90 Å². The van der Waals surface area contributed by atoms with E-state index in [1.165, 1.54) is 6.07 Å². The second-order valence-corrected chi connectivity index (χ2v) is 4.12. The van der Waals surface area contributed by atoms with E-state index < -0.39 is 5.97 Å². The average Bonchev–Trinajstić information content (AvgIpc) is 2.83. The van der Waals surface area contributed by atoms with Crippen LogP contribution in [0, 0.1) is 0 Å². The summed E-state index contributed by atoms with van der Waals surface area (Å²) in [6.07, 6.45) is 1.62. The highest BCUT2D eigenvalue weighted by Gasteiger charge is 2.14. The largest absolute Gasteiger partial charge is 0.507 e. The molecule has 0 aliphatic carbocycles. The van der Waals surface area contributed by atoms with Gasteiger partial charge in [-0.1, -0.05) is 12.1 Å². The van der Waals surface area contributed by atoms with Crippen molar-refractivity contribution < 1.29 is 14.6 Å². The quantitative estimate of drug-likeness (QED) is 0.715.